The van der Waals surface area contributed by atoms with Gasteiger partial charge >= 0.3 is 6.18 Å². The molecule has 0 aliphatic carbocycles. The van der Waals surface area contributed by atoms with E-state index in [2.05, 4.69) is 5.10 Å². The predicted molar refractivity (Wildman–Crippen MR) is 104 cm³/mol. The molecule has 10 heteroatoms. The Labute approximate surface area is 173 Å². The molecule has 0 saturated heterocycles. The Kier molecular flexibility index (Phi) is 5.93. The van der Waals surface area contributed by atoms with Gasteiger partial charge in [0.1, 0.15) is 12.4 Å². The lowest BCUT2D eigenvalue weighted by Gasteiger charge is -2.18. The lowest BCUT2D eigenvalue weighted by molar-refractivity contribution is -0.137. The second-order valence-electron chi connectivity index (χ2n) is 6.31. The predicted octanol–water partition coefficient (Wildman–Crippen LogP) is 4.38. The minimum atomic E-state index is -4.49. The molecule has 0 radical (unpaired) electrons. The molecule has 0 aliphatic rings. The molecule has 0 atom stereocenters. The summed E-state index contributed by atoms with van der Waals surface area (Å²) in [5, 5.41) is 4.09. The van der Waals surface area contributed by atoms with E-state index in [1.54, 1.807) is 0 Å². The summed E-state index contributed by atoms with van der Waals surface area (Å²) in [6.07, 6.45) is -4.49. The summed E-state index contributed by atoms with van der Waals surface area (Å²) in [6.45, 7) is -0.504. The second-order valence-corrected chi connectivity index (χ2v) is 6.72. The number of amides is 1. The number of carbonyl (C=O) groups excluding carboxylic acids is 1. The molecule has 5 nitrogen and oxygen atoms in total. The van der Waals surface area contributed by atoms with Gasteiger partial charge in [-0.25, -0.2) is 9.07 Å². The fraction of sp³-hybridized carbons (Fsp3) is 0.150. The van der Waals surface area contributed by atoms with Crippen molar-refractivity contribution in [3.05, 3.63) is 81.4 Å². The Balaban J connectivity index is 1.85. The molecular formula is C20H14ClF4N3O2. The third kappa shape index (κ3) is 4.51. The zero-order valence-corrected chi connectivity index (χ0v) is 16.2. The molecular weight excluding hydrogens is 426 g/mol. The van der Waals surface area contributed by atoms with Crippen LogP contribution >= 0.6 is 11.6 Å². The molecule has 0 saturated carbocycles. The summed E-state index contributed by atoms with van der Waals surface area (Å²) in [7, 11) is 1.35. The molecule has 0 N–H and O–H groups in total. The van der Waals surface area contributed by atoms with Crippen molar-refractivity contribution in [1.82, 2.24) is 9.78 Å². The Bertz CT molecular complexity index is 1120. The van der Waals surface area contributed by atoms with Crippen LogP contribution in [0.5, 0.6) is 0 Å². The third-order valence-electron chi connectivity index (χ3n) is 4.33. The van der Waals surface area contributed by atoms with E-state index in [-0.39, 0.29) is 22.0 Å². The monoisotopic (exact) mass is 439 g/mol. The topological polar surface area (TPSA) is 55.2 Å². The van der Waals surface area contributed by atoms with Crippen molar-refractivity contribution >= 4 is 23.2 Å². The number of likely N-dealkylation sites (N-methyl/N-ethyl adjacent to an activating group) is 1. The van der Waals surface area contributed by atoms with E-state index in [0.29, 0.717) is 0 Å². The number of anilines is 1. The number of aromatic nitrogens is 2. The number of hydrogen-bond acceptors (Lipinski definition) is 3. The summed E-state index contributed by atoms with van der Waals surface area (Å²) in [5.74, 6) is -1.26. The first kappa shape index (κ1) is 21.5. The molecule has 3 aromatic rings. The maximum atomic E-state index is 14.1. The first-order valence-electron chi connectivity index (χ1n) is 8.54. The van der Waals surface area contributed by atoms with Crippen molar-refractivity contribution < 1.29 is 22.4 Å². The zero-order chi connectivity index (χ0) is 22.1. The Morgan fingerprint density at radius 3 is 2.37 bits per heavy atom. The van der Waals surface area contributed by atoms with Crippen molar-refractivity contribution in [3.8, 4) is 11.3 Å². The minimum absolute atomic E-state index is 0.0172. The standard InChI is InChI=1S/C20H14ClF4N3O2/c1-27(13-7-5-12(6-8-13)20(23,24)25)18(30)11-28-17(29)10-9-16(26-28)19-14(21)3-2-4-15(19)22/h2-10H,11H2,1H3. The Morgan fingerprint density at radius 2 is 1.77 bits per heavy atom. The molecule has 0 spiro atoms. The van der Waals surface area contributed by atoms with Crippen LogP contribution in [0.25, 0.3) is 11.3 Å². The van der Waals surface area contributed by atoms with Crippen molar-refractivity contribution in [3.63, 3.8) is 0 Å². The van der Waals surface area contributed by atoms with E-state index in [4.69, 9.17) is 11.6 Å². The van der Waals surface area contributed by atoms with Crippen LogP contribution < -0.4 is 10.5 Å². The number of nitrogens with zero attached hydrogens (tertiary/aromatic N) is 3. The quantitative estimate of drug-likeness (QED) is 0.567. The number of alkyl halides is 3. The van der Waals surface area contributed by atoms with Gasteiger partial charge in [-0.05, 0) is 42.5 Å². The molecule has 30 heavy (non-hydrogen) atoms. The lowest BCUT2D eigenvalue weighted by Crippen LogP contribution is -2.35. The zero-order valence-electron chi connectivity index (χ0n) is 15.5. The fourth-order valence-corrected chi connectivity index (χ4v) is 2.95. The maximum Gasteiger partial charge on any atom is 0.416 e. The normalized spacial score (nSPS) is 11.4. The number of rotatable bonds is 4. The maximum absolute atomic E-state index is 14.1. The summed E-state index contributed by atoms with van der Waals surface area (Å²) in [6, 6.07) is 10.5. The summed E-state index contributed by atoms with van der Waals surface area (Å²) >= 11 is 6.01. The van der Waals surface area contributed by atoms with Gasteiger partial charge in [0.2, 0.25) is 5.91 Å². The fourth-order valence-electron chi connectivity index (χ4n) is 2.69. The van der Waals surface area contributed by atoms with Crippen molar-refractivity contribution in [2.24, 2.45) is 0 Å². The highest BCUT2D eigenvalue weighted by Gasteiger charge is 2.30. The van der Waals surface area contributed by atoms with Crippen molar-refractivity contribution in [1.29, 1.82) is 0 Å². The third-order valence-corrected chi connectivity index (χ3v) is 4.64. The van der Waals surface area contributed by atoms with Gasteiger partial charge in [-0.3, -0.25) is 9.59 Å². The Morgan fingerprint density at radius 1 is 1.10 bits per heavy atom. The van der Waals surface area contributed by atoms with Gasteiger partial charge in [0.05, 0.1) is 21.8 Å². The van der Waals surface area contributed by atoms with Crippen molar-refractivity contribution in [2.45, 2.75) is 12.7 Å². The molecule has 0 bridgehead atoms. The highest BCUT2D eigenvalue weighted by molar-refractivity contribution is 6.33. The molecule has 1 aromatic heterocycles. The van der Waals surface area contributed by atoms with Crippen LogP contribution in [0.3, 0.4) is 0 Å². The van der Waals surface area contributed by atoms with Gasteiger partial charge < -0.3 is 4.90 Å². The second kappa shape index (κ2) is 8.27. The highest BCUT2D eigenvalue weighted by atomic mass is 35.5. The van der Waals surface area contributed by atoms with Gasteiger partial charge in [-0.1, -0.05) is 17.7 Å². The van der Waals surface area contributed by atoms with E-state index in [9.17, 15) is 27.2 Å². The van der Waals surface area contributed by atoms with Crippen LogP contribution in [0.15, 0.2) is 59.4 Å². The van der Waals surface area contributed by atoms with Crippen LogP contribution in [0.1, 0.15) is 5.56 Å². The van der Waals surface area contributed by atoms with E-state index in [1.807, 2.05) is 0 Å². The van der Waals surface area contributed by atoms with Crippen molar-refractivity contribution in [2.75, 3.05) is 11.9 Å². The average molecular weight is 440 g/mol. The summed E-state index contributed by atoms with van der Waals surface area (Å²) in [4.78, 5) is 25.7. The molecule has 2 aromatic carbocycles. The van der Waals surface area contributed by atoms with Gasteiger partial charge in [0.15, 0.2) is 0 Å². The largest absolute Gasteiger partial charge is 0.416 e. The van der Waals surface area contributed by atoms with Gasteiger partial charge in [0, 0.05) is 18.8 Å². The van der Waals surface area contributed by atoms with E-state index in [0.717, 1.165) is 39.9 Å². The summed E-state index contributed by atoms with van der Waals surface area (Å²) in [5.41, 5.74) is -1.21. The van der Waals surface area contributed by atoms with Gasteiger partial charge in [0.25, 0.3) is 5.56 Å². The van der Waals surface area contributed by atoms with E-state index in [1.165, 1.54) is 31.3 Å². The van der Waals surface area contributed by atoms with E-state index < -0.39 is 35.6 Å². The molecule has 156 valence electrons. The lowest BCUT2D eigenvalue weighted by atomic mass is 10.1. The molecule has 0 aliphatic heterocycles. The van der Waals surface area contributed by atoms with Crippen LogP contribution in [0, 0.1) is 5.82 Å². The highest BCUT2D eigenvalue weighted by Crippen LogP contribution is 2.30. The van der Waals surface area contributed by atoms with Crippen LogP contribution in [0.4, 0.5) is 23.2 Å². The minimum Gasteiger partial charge on any atom is -0.314 e. The van der Waals surface area contributed by atoms with E-state index >= 15 is 0 Å². The van der Waals surface area contributed by atoms with Crippen LogP contribution in [0.2, 0.25) is 5.02 Å². The van der Waals surface area contributed by atoms with Gasteiger partial charge in [-0.2, -0.15) is 18.3 Å². The average Bonchev–Trinajstić information content (AvgIpc) is 2.69. The number of benzene rings is 2. The molecule has 0 unspecified atom stereocenters. The number of carbonyl (C=O) groups is 1. The molecule has 3 rings (SSSR count). The molecule has 1 amide bonds. The first-order chi connectivity index (χ1) is 14.1. The SMILES string of the molecule is CN(C(=O)Cn1nc(-c2c(F)cccc2Cl)ccc1=O)c1ccc(C(F)(F)F)cc1. The Hall–Kier alpha value is -3.20. The van der Waals surface area contributed by atoms with Crippen LogP contribution in [-0.2, 0) is 17.5 Å². The number of hydrogen-bond donors (Lipinski definition) is 0. The summed E-state index contributed by atoms with van der Waals surface area (Å²) < 4.78 is 53.0. The molecule has 0 fully saturated rings. The van der Waals surface area contributed by atoms with Gasteiger partial charge in [-0.15, -0.1) is 0 Å². The van der Waals surface area contributed by atoms with Crippen LogP contribution in [-0.4, -0.2) is 22.7 Å². The first-order valence-corrected chi connectivity index (χ1v) is 8.92. The number of halogens is 5. The molecule has 1 heterocycles. The smallest absolute Gasteiger partial charge is 0.314 e.